The molecule has 0 spiro atoms. The lowest BCUT2D eigenvalue weighted by atomic mass is 9.96. The van der Waals surface area contributed by atoms with E-state index in [9.17, 15) is 9.59 Å². The van der Waals surface area contributed by atoms with E-state index in [1.54, 1.807) is 0 Å². The molecule has 46 heavy (non-hydrogen) atoms. The van der Waals surface area contributed by atoms with Gasteiger partial charge in [-0.05, 0) is 61.6 Å². The summed E-state index contributed by atoms with van der Waals surface area (Å²) in [4.78, 5) is 28.3. The van der Waals surface area contributed by atoms with Gasteiger partial charge in [-0.3, -0.25) is 19.2 Å². The molecule has 2 aromatic carbocycles. The maximum absolute atomic E-state index is 12.6. The molecule has 0 aliphatic carbocycles. The quantitative estimate of drug-likeness (QED) is 0.310. The number of amides is 2. The zero-order valence-corrected chi connectivity index (χ0v) is 27.8. The van der Waals surface area contributed by atoms with E-state index in [0.717, 1.165) is 104 Å². The number of fused-ring (bicyclic) bond motifs is 1. The maximum Gasteiger partial charge on any atom is 0.311 e. The number of aromatic nitrogens is 2. The predicted molar refractivity (Wildman–Crippen MR) is 179 cm³/mol. The largest absolute Gasteiger partial charge is 0.379 e. The van der Waals surface area contributed by atoms with Crippen molar-refractivity contribution in [3.63, 3.8) is 0 Å². The van der Waals surface area contributed by atoms with Crippen LogP contribution in [0.3, 0.4) is 0 Å². The number of nitrogens with two attached hydrogens (primary N) is 1. The van der Waals surface area contributed by atoms with E-state index in [1.807, 2.05) is 30.3 Å². The summed E-state index contributed by atoms with van der Waals surface area (Å²) >= 11 is 13.4. The molecular weight excluding hydrogens is 627 g/mol. The first-order chi connectivity index (χ1) is 22.3. The number of benzene rings is 2. The average molecular weight is 670 g/mol. The Balaban J connectivity index is 1.27. The van der Waals surface area contributed by atoms with E-state index >= 15 is 0 Å². The number of hydrogen-bond acceptors (Lipinski definition) is 7. The summed E-state index contributed by atoms with van der Waals surface area (Å²) in [7, 11) is 0. The minimum atomic E-state index is -0.949. The number of hydrogen-bond donors (Lipinski definition) is 2. The Morgan fingerprint density at radius 2 is 1.89 bits per heavy atom. The highest BCUT2D eigenvalue weighted by Crippen LogP contribution is 2.37. The molecule has 0 radical (unpaired) electrons. The SMILES string of the molecule is C[C@H]1COCCN1CCCn1nc(-c2ccc(Cl)c(-c3ccc(Cl)c(CNC[C@H]4CCCO4)c3)c2)c2c1CCN(C(=O)C(N)=O)C2. The summed E-state index contributed by atoms with van der Waals surface area (Å²) in [6, 6.07) is 12.2. The molecule has 3 aromatic rings. The number of halogens is 2. The van der Waals surface area contributed by atoms with Crippen LogP contribution in [0.4, 0.5) is 0 Å². The molecule has 6 rings (SSSR count). The molecule has 2 fully saturated rings. The fourth-order valence-corrected chi connectivity index (χ4v) is 7.11. The van der Waals surface area contributed by atoms with Gasteiger partial charge in [0, 0.05) is 90.8 Å². The van der Waals surface area contributed by atoms with Crippen LogP contribution in [-0.4, -0.2) is 89.5 Å². The van der Waals surface area contributed by atoms with Gasteiger partial charge < -0.3 is 25.4 Å². The summed E-state index contributed by atoms with van der Waals surface area (Å²) in [6.07, 6.45) is 3.95. The molecule has 246 valence electrons. The smallest absolute Gasteiger partial charge is 0.311 e. The molecule has 10 nitrogen and oxygen atoms in total. The second-order valence-electron chi connectivity index (χ2n) is 12.4. The van der Waals surface area contributed by atoms with E-state index in [1.165, 1.54) is 4.90 Å². The van der Waals surface area contributed by atoms with Gasteiger partial charge in [-0.2, -0.15) is 5.10 Å². The molecule has 0 unspecified atom stereocenters. The predicted octanol–water partition coefficient (Wildman–Crippen LogP) is 4.27. The van der Waals surface area contributed by atoms with Gasteiger partial charge in [-0.1, -0.05) is 35.3 Å². The lowest BCUT2D eigenvalue weighted by Crippen LogP contribution is -2.44. The highest BCUT2D eigenvalue weighted by molar-refractivity contribution is 6.34. The van der Waals surface area contributed by atoms with Gasteiger partial charge in [-0.15, -0.1) is 0 Å². The number of ether oxygens (including phenoxy) is 2. The molecule has 2 atom stereocenters. The monoisotopic (exact) mass is 668 g/mol. The molecule has 12 heteroatoms. The maximum atomic E-state index is 12.6. The molecule has 4 heterocycles. The Hall–Kier alpha value is -2.99. The summed E-state index contributed by atoms with van der Waals surface area (Å²) in [5, 5.41) is 9.90. The van der Waals surface area contributed by atoms with Crippen LogP contribution in [0.15, 0.2) is 36.4 Å². The molecule has 3 N–H and O–H groups in total. The second kappa shape index (κ2) is 14.8. The lowest BCUT2D eigenvalue weighted by molar-refractivity contribution is -0.144. The van der Waals surface area contributed by atoms with Crippen LogP contribution in [-0.2, 0) is 45.1 Å². The van der Waals surface area contributed by atoms with Crippen LogP contribution < -0.4 is 11.1 Å². The van der Waals surface area contributed by atoms with Crippen molar-refractivity contribution in [1.82, 2.24) is 24.9 Å². The summed E-state index contributed by atoms with van der Waals surface area (Å²) < 4.78 is 13.4. The number of carbonyl (C=O) groups is 2. The Morgan fingerprint density at radius 3 is 2.67 bits per heavy atom. The topological polar surface area (TPSA) is 115 Å². The third-order valence-corrected chi connectivity index (χ3v) is 9.96. The number of morpholine rings is 1. The van der Waals surface area contributed by atoms with E-state index in [0.29, 0.717) is 35.6 Å². The Labute approximate surface area is 280 Å². The van der Waals surface area contributed by atoms with E-state index < -0.39 is 11.8 Å². The van der Waals surface area contributed by atoms with Crippen LogP contribution in [0.25, 0.3) is 22.4 Å². The molecule has 2 saturated heterocycles. The minimum absolute atomic E-state index is 0.246. The number of carbonyl (C=O) groups excluding carboxylic acids is 2. The lowest BCUT2D eigenvalue weighted by Gasteiger charge is -2.33. The molecule has 1 aromatic heterocycles. The highest BCUT2D eigenvalue weighted by atomic mass is 35.5. The molecular formula is C34H42Cl2N6O4. The molecule has 2 amide bonds. The third kappa shape index (κ3) is 7.43. The van der Waals surface area contributed by atoms with Gasteiger partial charge in [0.25, 0.3) is 0 Å². The molecule has 0 bridgehead atoms. The number of nitrogens with zero attached hydrogens (tertiary/aromatic N) is 4. The number of primary amides is 1. The summed E-state index contributed by atoms with van der Waals surface area (Å²) in [6.45, 7) is 9.25. The van der Waals surface area contributed by atoms with Gasteiger partial charge in [0.05, 0.1) is 31.6 Å². The fraction of sp³-hybridized carbons (Fsp3) is 0.500. The zero-order chi connectivity index (χ0) is 32.2. The second-order valence-corrected chi connectivity index (χ2v) is 13.2. The summed E-state index contributed by atoms with van der Waals surface area (Å²) in [5.74, 6) is -1.63. The standard InChI is InChI=1S/C34H42Cl2N6O4/c1-22-21-45-15-13-40(22)10-3-11-42-31-9-12-41(34(44)33(37)43)20-28(31)32(39-42)24-6-8-30(36)27(17-24)23-5-7-29(35)25(16-23)18-38-19-26-4-2-14-46-26/h5-8,16-17,22,26,38H,2-4,9-15,18-21H2,1H3,(H2,37,43)/t22-,26+/m0/s1. The van der Waals surface area contributed by atoms with Crippen LogP contribution in [0.1, 0.15) is 43.0 Å². The van der Waals surface area contributed by atoms with Crippen LogP contribution in [0.5, 0.6) is 0 Å². The number of rotatable bonds is 10. The molecule has 3 aliphatic rings. The highest BCUT2D eigenvalue weighted by Gasteiger charge is 2.30. The van der Waals surface area contributed by atoms with E-state index in [4.69, 9.17) is 43.5 Å². The van der Waals surface area contributed by atoms with Crippen molar-refractivity contribution < 1.29 is 19.1 Å². The zero-order valence-electron chi connectivity index (χ0n) is 26.3. The van der Waals surface area contributed by atoms with Crippen molar-refractivity contribution in [2.24, 2.45) is 5.73 Å². The normalized spacial score (nSPS) is 20.2. The van der Waals surface area contributed by atoms with Gasteiger partial charge in [0.2, 0.25) is 0 Å². The van der Waals surface area contributed by atoms with E-state index in [2.05, 4.69) is 27.9 Å². The summed E-state index contributed by atoms with van der Waals surface area (Å²) in [5.41, 5.74) is 11.9. The first-order valence-corrected chi connectivity index (χ1v) is 16.9. The van der Waals surface area contributed by atoms with Gasteiger partial charge >= 0.3 is 11.8 Å². The van der Waals surface area contributed by atoms with Crippen LogP contribution in [0, 0.1) is 0 Å². The van der Waals surface area contributed by atoms with Crippen molar-refractivity contribution in [3.05, 3.63) is 63.3 Å². The Kier molecular flexibility index (Phi) is 10.6. The van der Waals surface area contributed by atoms with Crippen molar-refractivity contribution in [2.45, 2.75) is 64.4 Å². The fourth-order valence-electron chi connectivity index (χ4n) is 6.70. The number of aryl methyl sites for hydroxylation is 1. The Morgan fingerprint density at radius 1 is 1.07 bits per heavy atom. The first-order valence-electron chi connectivity index (χ1n) is 16.2. The Bertz CT molecular complexity index is 1570. The van der Waals surface area contributed by atoms with Crippen molar-refractivity contribution in [2.75, 3.05) is 46.0 Å². The van der Waals surface area contributed by atoms with Gasteiger partial charge in [0.15, 0.2) is 0 Å². The van der Waals surface area contributed by atoms with Crippen molar-refractivity contribution >= 4 is 35.0 Å². The van der Waals surface area contributed by atoms with Crippen molar-refractivity contribution in [3.8, 4) is 22.4 Å². The minimum Gasteiger partial charge on any atom is -0.379 e. The molecule has 3 aliphatic heterocycles. The van der Waals surface area contributed by atoms with Gasteiger partial charge in [-0.25, -0.2) is 0 Å². The third-order valence-electron chi connectivity index (χ3n) is 9.26. The van der Waals surface area contributed by atoms with Crippen LogP contribution >= 0.6 is 23.2 Å². The first kappa shape index (κ1) is 32.9. The van der Waals surface area contributed by atoms with Crippen molar-refractivity contribution in [1.29, 1.82) is 0 Å². The van der Waals surface area contributed by atoms with Gasteiger partial charge in [0.1, 0.15) is 0 Å². The van der Waals surface area contributed by atoms with E-state index in [-0.39, 0.29) is 12.6 Å². The average Bonchev–Trinajstić information content (AvgIpc) is 3.71. The number of nitrogens with one attached hydrogen (secondary N) is 1. The van der Waals surface area contributed by atoms with Crippen LogP contribution in [0.2, 0.25) is 10.0 Å². The molecule has 0 saturated carbocycles.